The number of aromatic amines is 1. The SMILES string of the molecule is CSCCC(C(=O)NC(Cc1c[nH]c2ccccc12)C(=O)O)n1cnc2ccccc2c1=O. The highest BCUT2D eigenvalue weighted by molar-refractivity contribution is 7.98. The molecule has 170 valence electrons. The fraction of sp³-hybridized carbons (Fsp3) is 0.250. The van der Waals surface area contributed by atoms with Crippen molar-refractivity contribution in [2.75, 3.05) is 12.0 Å². The summed E-state index contributed by atoms with van der Waals surface area (Å²) in [6, 6.07) is 12.5. The molecule has 33 heavy (non-hydrogen) atoms. The van der Waals surface area contributed by atoms with Crippen LogP contribution >= 0.6 is 11.8 Å². The number of carboxylic acids is 1. The second-order valence-corrected chi connectivity index (χ2v) is 8.72. The van der Waals surface area contributed by atoms with Gasteiger partial charge in [0.25, 0.3) is 5.56 Å². The van der Waals surface area contributed by atoms with E-state index in [2.05, 4.69) is 15.3 Å². The lowest BCUT2D eigenvalue weighted by Crippen LogP contribution is -2.47. The predicted octanol–water partition coefficient (Wildman–Crippen LogP) is 2.98. The molecule has 2 heterocycles. The summed E-state index contributed by atoms with van der Waals surface area (Å²) in [6.45, 7) is 0. The van der Waals surface area contributed by atoms with Crippen molar-refractivity contribution in [3.05, 3.63) is 77.0 Å². The lowest BCUT2D eigenvalue weighted by molar-refractivity contribution is -0.142. The Hall–Kier alpha value is -3.59. The molecule has 2 atom stereocenters. The third-order valence-corrected chi connectivity index (χ3v) is 6.28. The van der Waals surface area contributed by atoms with E-state index in [0.29, 0.717) is 23.1 Å². The number of para-hydroxylation sites is 2. The Morgan fingerprint density at radius 3 is 2.64 bits per heavy atom. The second-order valence-electron chi connectivity index (χ2n) is 7.73. The first-order valence-electron chi connectivity index (χ1n) is 10.5. The highest BCUT2D eigenvalue weighted by Gasteiger charge is 2.28. The molecular weight excluding hydrogens is 440 g/mol. The van der Waals surface area contributed by atoms with Crippen LogP contribution in [0.25, 0.3) is 21.8 Å². The smallest absolute Gasteiger partial charge is 0.326 e. The number of nitrogens with one attached hydrogen (secondary N) is 2. The largest absolute Gasteiger partial charge is 0.480 e. The molecule has 3 N–H and O–H groups in total. The summed E-state index contributed by atoms with van der Waals surface area (Å²) in [5.41, 5.74) is 1.91. The van der Waals surface area contributed by atoms with E-state index < -0.39 is 24.0 Å². The lowest BCUT2D eigenvalue weighted by atomic mass is 10.0. The summed E-state index contributed by atoms with van der Waals surface area (Å²) < 4.78 is 1.30. The molecule has 0 bridgehead atoms. The van der Waals surface area contributed by atoms with Crippen LogP contribution in [0.5, 0.6) is 0 Å². The first kappa shape index (κ1) is 22.6. The van der Waals surface area contributed by atoms with Crippen molar-refractivity contribution in [1.29, 1.82) is 0 Å². The Bertz CT molecular complexity index is 1360. The van der Waals surface area contributed by atoms with E-state index in [9.17, 15) is 19.5 Å². The van der Waals surface area contributed by atoms with Crippen molar-refractivity contribution in [2.24, 2.45) is 0 Å². The fourth-order valence-corrected chi connectivity index (χ4v) is 4.38. The van der Waals surface area contributed by atoms with E-state index in [0.717, 1.165) is 16.5 Å². The Morgan fingerprint density at radius 2 is 1.88 bits per heavy atom. The van der Waals surface area contributed by atoms with Crippen molar-refractivity contribution in [2.45, 2.75) is 24.9 Å². The number of H-pyrrole nitrogens is 1. The van der Waals surface area contributed by atoms with Gasteiger partial charge in [0.2, 0.25) is 5.91 Å². The van der Waals surface area contributed by atoms with Gasteiger partial charge in [-0.3, -0.25) is 14.2 Å². The summed E-state index contributed by atoms with van der Waals surface area (Å²) in [5, 5.41) is 13.8. The van der Waals surface area contributed by atoms with Gasteiger partial charge in [-0.1, -0.05) is 30.3 Å². The third-order valence-electron chi connectivity index (χ3n) is 5.64. The molecule has 2 aromatic carbocycles. The van der Waals surface area contributed by atoms with Crippen LogP contribution in [-0.4, -0.2) is 49.6 Å². The quantitative estimate of drug-likeness (QED) is 0.351. The number of nitrogens with zero attached hydrogens (tertiary/aromatic N) is 2. The average Bonchev–Trinajstić information content (AvgIpc) is 3.23. The van der Waals surface area contributed by atoms with Gasteiger partial charge in [0.1, 0.15) is 12.1 Å². The van der Waals surface area contributed by atoms with E-state index in [1.807, 2.05) is 30.5 Å². The summed E-state index contributed by atoms with van der Waals surface area (Å²) in [6.07, 6.45) is 5.52. The number of thioether (sulfide) groups is 1. The zero-order chi connectivity index (χ0) is 23.4. The number of amides is 1. The molecule has 0 aliphatic rings. The second kappa shape index (κ2) is 9.91. The van der Waals surface area contributed by atoms with Crippen LogP contribution in [0.15, 0.2) is 65.8 Å². The van der Waals surface area contributed by atoms with Gasteiger partial charge < -0.3 is 15.4 Å². The fourth-order valence-electron chi connectivity index (χ4n) is 3.92. The Kier molecular flexibility index (Phi) is 6.79. The van der Waals surface area contributed by atoms with Crippen LogP contribution in [0.3, 0.4) is 0 Å². The summed E-state index contributed by atoms with van der Waals surface area (Å²) in [4.78, 5) is 45.8. The van der Waals surface area contributed by atoms with Gasteiger partial charge in [-0.15, -0.1) is 0 Å². The van der Waals surface area contributed by atoms with E-state index in [1.54, 1.807) is 42.2 Å². The summed E-state index contributed by atoms with van der Waals surface area (Å²) >= 11 is 1.55. The van der Waals surface area contributed by atoms with Gasteiger partial charge in [0, 0.05) is 23.5 Å². The number of carbonyl (C=O) groups is 2. The van der Waals surface area contributed by atoms with Crippen LogP contribution in [0.1, 0.15) is 18.0 Å². The molecule has 2 unspecified atom stereocenters. The van der Waals surface area contributed by atoms with Crippen LogP contribution < -0.4 is 10.9 Å². The predicted molar refractivity (Wildman–Crippen MR) is 130 cm³/mol. The molecule has 1 amide bonds. The number of carboxylic acid groups (broad SMARTS) is 1. The van der Waals surface area contributed by atoms with Crippen LogP contribution in [-0.2, 0) is 16.0 Å². The number of rotatable bonds is 9. The maximum absolute atomic E-state index is 13.3. The highest BCUT2D eigenvalue weighted by Crippen LogP contribution is 2.20. The molecular formula is C24H24N4O4S. The van der Waals surface area contributed by atoms with Crippen molar-refractivity contribution in [1.82, 2.24) is 19.9 Å². The molecule has 0 aliphatic carbocycles. The molecule has 0 aliphatic heterocycles. The molecule has 4 aromatic rings. The molecule has 8 nitrogen and oxygen atoms in total. The number of aromatic nitrogens is 3. The number of benzene rings is 2. The molecule has 4 rings (SSSR count). The van der Waals surface area contributed by atoms with Crippen LogP contribution in [0, 0.1) is 0 Å². The van der Waals surface area contributed by atoms with Crippen LogP contribution in [0.4, 0.5) is 0 Å². The van der Waals surface area contributed by atoms with Gasteiger partial charge in [-0.2, -0.15) is 11.8 Å². The van der Waals surface area contributed by atoms with E-state index in [-0.39, 0.29) is 12.0 Å². The molecule has 0 saturated carbocycles. The minimum atomic E-state index is -1.14. The molecule has 9 heteroatoms. The molecule has 0 fully saturated rings. The van der Waals surface area contributed by atoms with Gasteiger partial charge in [-0.25, -0.2) is 9.78 Å². The summed E-state index contributed by atoms with van der Waals surface area (Å²) in [7, 11) is 0. The monoisotopic (exact) mass is 464 g/mol. The molecule has 0 radical (unpaired) electrons. The lowest BCUT2D eigenvalue weighted by Gasteiger charge is -2.22. The Labute approximate surface area is 194 Å². The Morgan fingerprint density at radius 1 is 1.15 bits per heavy atom. The molecule has 0 saturated heterocycles. The van der Waals surface area contributed by atoms with Crippen molar-refractivity contribution in [3.8, 4) is 0 Å². The zero-order valence-electron chi connectivity index (χ0n) is 18.0. The number of aliphatic carboxylic acids is 1. The van der Waals surface area contributed by atoms with E-state index in [4.69, 9.17) is 0 Å². The number of fused-ring (bicyclic) bond motifs is 2. The van der Waals surface area contributed by atoms with Gasteiger partial charge in [-0.05, 0) is 42.2 Å². The number of carbonyl (C=O) groups excluding carboxylic acids is 1. The van der Waals surface area contributed by atoms with Gasteiger partial charge >= 0.3 is 5.97 Å². The maximum atomic E-state index is 13.3. The average molecular weight is 465 g/mol. The first-order valence-corrected chi connectivity index (χ1v) is 11.9. The minimum Gasteiger partial charge on any atom is -0.480 e. The maximum Gasteiger partial charge on any atom is 0.326 e. The minimum absolute atomic E-state index is 0.116. The van der Waals surface area contributed by atoms with Gasteiger partial charge in [0.15, 0.2) is 0 Å². The first-order chi connectivity index (χ1) is 16.0. The van der Waals surface area contributed by atoms with Crippen molar-refractivity contribution in [3.63, 3.8) is 0 Å². The van der Waals surface area contributed by atoms with Crippen LogP contribution in [0.2, 0.25) is 0 Å². The van der Waals surface area contributed by atoms with E-state index in [1.165, 1.54) is 10.9 Å². The topological polar surface area (TPSA) is 117 Å². The number of hydrogen-bond donors (Lipinski definition) is 3. The third kappa shape index (κ3) is 4.78. The van der Waals surface area contributed by atoms with E-state index >= 15 is 0 Å². The zero-order valence-corrected chi connectivity index (χ0v) is 18.8. The number of hydrogen-bond acceptors (Lipinski definition) is 5. The van der Waals surface area contributed by atoms with Gasteiger partial charge in [0.05, 0.1) is 17.2 Å². The normalized spacial score (nSPS) is 13.1. The standard InChI is InChI=1S/C24H24N4O4S/c1-33-11-10-21(28-14-26-19-9-5-3-7-17(19)23(28)30)22(29)27-20(24(31)32)12-15-13-25-18-8-4-2-6-16(15)18/h2-9,13-14,20-21,25H,10-12H2,1H3,(H,27,29)(H,31,32). The van der Waals surface area contributed by atoms with Crippen molar-refractivity contribution < 1.29 is 14.7 Å². The molecule has 0 spiro atoms. The Balaban J connectivity index is 1.62. The molecule has 2 aromatic heterocycles. The summed E-state index contributed by atoms with van der Waals surface area (Å²) in [5.74, 6) is -1.03. The highest BCUT2D eigenvalue weighted by atomic mass is 32.2. The van der Waals surface area contributed by atoms with Crippen molar-refractivity contribution >= 4 is 45.4 Å².